The molecule has 0 saturated heterocycles. The number of aromatic nitrogens is 2. The smallest absolute Gasteiger partial charge is 0.191 e. The van der Waals surface area contributed by atoms with E-state index in [1.165, 1.54) is 30.5 Å². The molecule has 0 spiro atoms. The van der Waals surface area contributed by atoms with Crippen LogP contribution in [0, 0.1) is 6.92 Å². The Balaban J connectivity index is 2.07. The maximum Gasteiger partial charge on any atom is 0.191 e. The lowest BCUT2D eigenvalue weighted by Crippen LogP contribution is -2.23. The van der Waals surface area contributed by atoms with Crippen molar-refractivity contribution in [1.29, 1.82) is 0 Å². The quantitative estimate of drug-likeness (QED) is 0.731. The minimum Gasteiger partial charge on any atom is -0.449 e. The zero-order valence-electron chi connectivity index (χ0n) is 16.0. The third-order valence-corrected chi connectivity index (χ3v) is 5.05. The number of pyridine rings is 1. The van der Waals surface area contributed by atoms with Crippen molar-refractivity contribution in [3.63, 3.8) is 0 Å². The van der Waals surface area contributed by atoms with E-state index in [9.17, 15) is 0 Å². The normalized spacial score (nSPS) is 17.2. The summed E-state index contributed by atoms with van der Waals surface area (Å²) in [5.41, 5.74) is 7.38. The fourth-order valence-electron chi connectivity index (χ4n) is 3.85. The van der Waals surface area contributed by atoms with Gasteiger partial charge in [-0.25, -0.2) is 4.98 Å². The first-order valence-corrected chi connectivity index (χ1v) is 9.37. The molecule has 6 nitrogen and oxygen atoms in total. The van der Waals surface area contributed by atoms with Crippen molar-refractivity contribution in [2.45, 2.75) is 65.2 Å². The van der Waals surface area contributed by atoms with Crippen molar-refractivity contribution in [1.82, 2.24) is 9.97 Å². The van der Waals surface area contributed by atoms with E-state index < -0.39 is 0 Å². The van der Waals surface area contributed by atoms with Gasteiger partial charge in [-0.1, -0.05) is 27.2 Å². The molecule has 26 heavy (non-hydrogen) atoms. The van der Waals surface area contributed by atoms with Crippen LogP contribution in [-0.4, -0.2) is 22.2 Å². The molecule has 1 aliphatic carbocycles. The minimum atomic E-state index is -0.116. The summed E-state index contributed by atoms with van der Waals surface area (Å²) >= 11 is 0. The highest BCUT2D eigenvalue weighted by molar-refractivity contribution is 6.09. The SMILES string of the molecule is Cc1nc(-c2c3c(nc(C(C)(C)C)c2C2=NN=NC2)CCCCC3)co1. The molecule has 2 aromatic rings. The predicted molar refractivity (Wildman–Crippen MR) is 101 cm³/mol. The second kappa shape index (κ2) is 6.41. The van der Waals surface area contributed by atoms with Gasteiger partial charge in [-0.15, -0.1) is 5.10 Å². The van der Waals surface area contributed by atoms with Gasteiger partial charge in [-0.05, 0) is 36.5 Å². The van der Waals surface area contributed by atoms with Gasteiger partial charge in [0, 0.05) is 29.2 Å². The predicted octanol–water partition coefficient (Wildman–Crippen LogP) is 4.78. The molecular formula is C20H25N5O. The molecule has 0 amide bonds. The highest BCUT2D eigenvalue weighted by Crippen LogP contribution is 2.39. The van der Waals surface area contributed by atoms with Gasteiger partial charge in [0.15, 0.2) is 5.89 Å². The Hall–Kier alpha value is -2.37. The van der Waals surface area contributed by atoms with Crippen LogP contribution in [-0.2, 0) is 18.3 Å². The Labute approximate surface area is 153 Å². The van der Waals surface area contributed by atoms with Gasteiger partial charge in [-0.3, -0.25) is 4.98 Å². The van der Waals surface area contributed by atoms with Gasteiger partial charge in [0.25, 0.3) is 0 Å². The summed E-state index contributed by atoms with van der Waals surface area (Å²) in [6, 6.07) is 0. The molecule has 0 bridgehead atoms. The van der Waals surface area contributed by atoms with Crippen molar-refractivity contribution in [2.24, 2.45) is 15.4 Å². The van der Waals surface area contributed by atoms with Gasteiger partial charge in [0.1, 0.15) is 18.5 Å². The monoisotopic (exact) mass is 351 g/mol. The zero-order chi connectivity index (χ0) is 18.3. The summed E-state index contributed by atoms with van der Waals surface area (Å²) in [7, 11) is 0. The van der Waals surface area contributed by atoms with Crippen LogP contribution in [0.25, 0.3) is 11.3 Å². The molecule has 0 fully saturated rings. The highest BCUT2D eigenvalue weighted by Gasteiger charge is 2.31. The first-order valence-electron chi connectivity index (χ1n) is 9.37. The summed E-state index contributed by atoms with van der Waals surface area (Å²) in [6.45, 7) is 8.97. The van der Waals surface area contributed by atoms with E-state index in [1.54, 1.807) is 6.26 Å². The number of aryl methyl sites for hydroxylation is 2. The molecule has 0 saturated carbocycles. The van der Waals surface area contributed by atoms with Crippen LogP contribution in [0.5, 0.6) is 0 Å². The van der Waals surface area contributed by atoms with E-state index in [2.05, 4.69) is 41.2 Å². The van der Waals surface area contributed by atoms with Crippen LogP contribution in [0.3, 0.4) is 0 Å². The maximum absolute atomic E-state index is 5.57. The van der Waals surface area contributed by atoms with Gasteiger partial charge in [0.05, 0.1) is 11.4 Å². The third kappa shape index (κ3) is 2.97. The van der Waals surface area contributed by atoms with Crippen LogP contribution in [0.4, 0.5) is 0 Å². The Morgan fingerprint density at radius 2 is 1.81 bits per heavy atom. The number of hydrogen-bond acceptors (Lipinski definition) is 6. The molecule has 1 aliphatic heterocycles. The molecule has 2 aromatic heterocycles. The fraction of sp³-hybridized carbons (Fsp3) is 0.550. The summed E-state index contributed by atoms with van der Waals surface area (Å²) in [5.74, 6) is 0.671. The van der Waals surface area contributed by atoms with Crippen molar-refractivity contribution < 1.29 is 4.42 Å². The maximum atomic E-state index is 5.57. The topological polar surface area (TPSA) is 76.0 Å². The fourth-order valence-corrected chi connectivity index (χ4v) is 3.85. The molecule has 0 aromatic carbocycles. The van der Waals surface area contributed by atoms with Gasteiger partial charge in [-0.2, -0.15) is 5.11 Å². The average molecular weight is 351 g/mol. The summed E-state index contributed by atoms with van der Waals surface area (Å²) in [6.07, 6.45) is 7.39. The second-order valence-corrected chi connectivity index (χ2v) is 8.13. The molecule has 0 atom stereocenters. The first kappa shape index (κ1) is 17.1. The number of oxazole rings is 1. The van der Waals surface area contributed by atoms with Crippen LogP contribution < -0.4 is 0 Å². The van der Waals surface area contributed by atoms with Crippen molar-refractivity contribution >= 4 is 5.71 Å². The Morgan fingerprint density at radius 1 is 1.00 bits per heavy atom. The van der Waals surface area contributed by atoms with E-state index in [4.69, 9.17) is 9.40 Å². The molecular weight excluding hydrogens is 326 g/mol. The number of rotatable bonds is 2. The van der Waals surface area contributed by atoms with Gasteiger partial charge < -0.3 is 4.42 Å². The minimum absolute atomic E-state index is 0.116. The van der Waals surface area contributed by atoms with E-state index >= 15 is 0 Å². The average Bonchev–Trinajstić information content (AvgIpc) is 3.19. The van der Waals surface area contributed by atoms with E-state index in [0.717, 1.165) is 41.1 Å². The van der Waals surface area contributed by atoms with E-state index in [-0.39, 0.29) is 5.41 Å². The standard InChI is InChI=1S/C20H25N5O/c1-12-22-16(11-26-12)17-13-8-6-5-7-9-14(13)23-19(20(2,3)4)18(17)15-10-21-25-24-15/h11H,5-10H2,1-4H3. The van der Waals surface area contributed by atoms with Crippen LogP contribution in [0.15, 0.2) is 26.1 Å². The van der Waals surface area contributed by atoms with Crippen molar-refractivity contribution in [3.05, 3.63) is 34.7 Å². The molecule has 6 heteroatoms. The molecule has 0 unspecified atom stereocenters. The number of fused-ring (bicyclic) bond motifs is 1. The van der Waals surface area contributed by atoms with Crippen molar-refractivity contribution in [3.8, 4) is 11.3 Å². The molecule has 0 N–H and O–H groups in total. The lowest BCUT2D eigenvalue weighted by atomic mass is 9.81. The lowest BCUT2D eigenvalue weighted by Gasteiger charge is -2.26. The van der Waals surface area contributed by atoms with Crippen molar-refractivity contribution in [2.75, 3.05) is 6.54 Å². The molecule has 4 rings (SSSR count). The second-order valence-electron chi connectivity index (χ2n) is 8.13. The van der Waals surface area contributed by atoms with Crippen LogP contribution >= 0.6 is 0 Å². The third-order valence-electron chi connectivity index (χ3n) is 5.05. The Morgan fingerprint density at radius 3 is 2.46 bits per heavy atom. The molecule has 3 heterocycles. The largest absolute Gasteiger partial charge is 0.449 e. The zero-order valence-corrected chi connectivity index (χ0v) is 16.0. The number of nitrogens with zero attached hydrogens (tertiary/aromatic N) is 5. The highest BCUT2D eigenvalue weighted by atomic mass is 16.3. The van der Waals surface area contributed by atoms with Gasteiger partial charge >= 0.3 is 0 Å². The van der Waals surface area contributed by atoms with Crippen LogP contribution in [0.2, 0.25) is 0 Å². The molecule has 2 aliphatic rings. The van der Waals surface area contributed by atoms with Gasteiger partial charge in [0.2, 0.25) is 0 Å². The van der Waals surface area contributed by atoms with Crippen LogP contribution in [0.1, 0.15) is 68.4 Å². The Bertz CT molecular complexity index is 902. The summed E-state index contributed by atoms with van der Waals surface area (Å²) in [5, 5.41) is 12.3. The first-order chi connectivity index (χ1) is 12.4. The van der Waals surface area contributed by atoms with E-state index in [1.807, 2.05) is 6.92 Å². The lowest BCUT2D eigenvalue weighted by molar-refractivity contribution is 0.521. The molecule has 0 radical (unpaired) electrons. The Kier molecular flexibility index (Phi) is 4.21. The summed E-state index contributed by atoms with van der Waals surface area (Å²) < 4.78 is 5.57. The molecule has 136 valence electrons. The van der Waals surface area contributed by atoms with E-state index in [0.29, 0.717) is 12.4 Å². The summed E-state index contributed by atoms with van der Waals surface area (Å²) in [4.78, 5) is 9.82. The number of hydrogen-bond donors (Lipinski definition) is 0.